The van der Waals surface area contributed by atoms with Gasteiger partial charge in [-0.05, 0) is 25.0 Å². The summed E-state index contributed by atoms with van der Waals surface area (Å²) < 4.78 is 27.3. The van der Waals surface area contributed by atoms with Crippen LogP contribution in [0.3, 0.4) is 0 Å². The Morgan fingerprint density at radius 1 is 1.07 bits per heavy atom. The monoisotopic (exact) mass is 444 g/mol. The van der Waals surface area contributed by atoms with E-state index in [1.807, 2.05) is 30.3 Å². The second kappa shape index (κ2) is 8.22. The number of aromatic nitrogens is 2. The van der Waals surface area contributed by atoms with E-state index < -0.39 is 15.9 Å². The first-order valence-electron chi connectivity index (χ1n) is 9.57. The molecule has 1 aliphatic rings. The molecule has 1 aliphatic heterocycles. The molecule has 1 aromatic heterocycles. The van der Waals surface area contributed by atoms with Gasteiger partial charge < -0.3 is 10.7 Å². The number of H-pyrrole nitrogens is 1. The quantitative estimate of drug-likeness (QED) is 0.628. The van der Waals surface area contributed by atoms with Crippen molar-refractivity contribution >= 4 is 27.5 Å². The molecule has 7 nitrogen and oxygen atoms in total. The SMILES string of the molecule is NC(=O)c1[nH]c(C2CCN(S(=O)(=O)c3ccccc3Cl)CC2)nc1-c1ccccc1. The number of piperidine rings is 1. The van der Waals surface area contributed by atoms with E-state index >= 15 is 0 Å². The van der Waals surface area contributed by atoms with Gasteiger partial charge in [-0.25, -0.2) is 13.4 Å². The van der Waals surface area contributed by atoms with E-state index in [1.54, 1.807) is 18.2 Å². The van der Waals surface area contributed by atoms with E-state index in [-0.39, 0.29) is 21.5 Å². The number of nitrogens with one attached hydrogen (secondary N) is 1. The van der Waals surface area contributed by atoms with Gasteiger partial charge in [0, 0.05) is 24.6 Å². The molecule has 1 fully saturated rings. The van der Waals surface area contributed by atoms with Gasteiger partial charge in [-0.15, -0.1) is 0 Å². The van der Waals surface area contributed by atoms with Crippen molar-refractivity contribution in [1.82, 2.24) is 14.3 Å². The van der Waals surface area contributed by atoms with Crippen LogP contribution in [0.2, 0.25) is 5.02 Å². The predicted octanol–water partition coefficient (Wildman–Crippen LogP) is 3.40. The van der Waals surface area contributed by atoms with Crippen LogP contribution in [0.4, 0.5) is 0 Å². The van der Waals surface area contributed by atoms with E-state index in [9.17, 15) is 13.2 Å². The third-order valence-corrected chi connectivity index (χ3v) is 7.71. The van der Waals surface area contributed by atoms with E-state index in [0.717, 1.165) is 5.56 Å². The first-order chi connectivity index (χ1) is 14.4. The minimum absolute atomic E-state index is 0.00161. The zero-order valence-electron chi connectivity index (χ0n) is 16.1. The van der Waals surface area contributed by atoms with Crippen molar-refractivity contribution in [1.29, 1.82) is 0 Å². The Hall–Kier alpha value is -2.68. The van der Waals surface area contributed by atoms with Crippen molar-refractivity contribution in [3.8, 4) is 11.3 Å². The Labute approximate surface area is 179 Å². The van der Waals surface area contributed by atoms with Gasteiger partial charge in [-0.2, -0.15) is 4.31 Å². The Kier molecular flexibility index (Phi) is 5.64. The van der Waals surface area contributed by atoms with Gasteiger partial charge in [0.1, 0.15) is 22.1 Å². The fourth-order valence-corrected chi connectivity index (χ4v) is 5.69. The Morgan fingerprint density at radius 2 is 1.70 bits per heavy atom. The summed E-state index contributed by atoms with van der Waals surface area (Å²) in [4.78, 5) is 19.7. The Bertz CT molecular complexity index is 1170. The number of amides is 1. The van der Waals surface area contributed by atoms with E-state index in [1.165, 1.54) is 10.4 Å². The van der Waals surface area contributed by atoms with Crippen LogP contribution in [0, 0.1) is 0 Å². The zero-order chi connectivity index (χ0) is 21.3. The van der Waals surface area contributed by atoms with Crippen LogP contribution >= 0.6 is 11.6 Å². The summed E-state index contributed by atoms with van der Waals surface area (Å²) in [5, 5.41) is 0.212. The highest BCUT2D eigenvalue weighted by molar-refractivity contribution is 7.89. The average Bonchev–Trinajstić information content (AvgIpc) is 3.21. The molecule has 3 N–H and O–H groups in total. The van der Waals surface area contributed by atoms with Gasteiger partial charge in [0.25, 0.3) is 5.91 Å². The zero-order valence-corrected chi connectivity index (χ0v) is 17.7. The van der Waals surface area contributed by atoms with Crippen LogP contribution in [0.25, 0.3) is 11.3 Å². The van der Waals surface area contributed by atoms with Gasteiger partial charge in [-0.3, -0.25) is 4.79 Å². The van der Waals surface area contributed by atoms with Crippen molar-refractivity contribution in [3.63, 3.8) is 0 Å². The lowest BCUT2D eigenvalue weighted by Gasteiger charge is -2.30. The van der Waals surface area contributed by atoms with Gasteiger partial charge in [0.2, 0.25) is 10.0 Å². The molecule has 0 bridgehead atoms. The van der Waals surface area contributed by atoms with E-state index in [4.69, 9.17) is 17.3 Å². The largest absolute Gasteiger partial charge is 0.364 e. The third-order valence-electron chi connectivity index (χ3n) is 5.31. The van der Waals surface area contributed by atoms with Crippen LogP contribution in [-0.2, 0) is 10.0 Å². The lowest BCUT2D eigenvalue weighted by Crippen LogP contribution is -2.38. The number of carbonyl (C=O) groups excluding carboxylic acids is 1. The smallest absolute Gasteiger partial charge is 0.267 e. The van der Waals surface area contributed by atoms with Crippen molar-refractivity contribution in [2.45, 2.75) is 23.7 Å². The van der Waals surface area contributed by atoms with Crippen molar-refractivity contribution < 1.29 is 13.2 Å². The maximum Gasteiger partial charge on any atom is 0.267 e. The number of hydrogen-bond acceptors (Lipinski definition) is 4. The molecule has 2 heterocycles. The summed E-state index contributed by atoms with van der Waals surface area (Å²) in [6.07, 6.45) is 1.15. The number of imidazole rings is 1. The highest BCUT2D eigenvalue weighted by atomic mass is 35.5. The number of nitrogens with zero attached hydrogens (tertiary/aromatic N) is 2. The maximum absolute atomic E-state index is 12.9. The Balaban J connectivity index is 1.55. The molecule has 1 amide bonds. The first kappa shape index (κ1) is 20.6. The summed E-state index contributed by atoms with van der Waals surface area (Å²) in [6.45, 7) is 0.678. The topological polar surface area (TPSA) is 109 Å². The molecule has 0 aliphatic carbocycles. The molecule has 0 atom stereocenters. The van der Waals surface area contributed by atoms with E-state index in [0.29, 0.717) is 37.4 Å². The first-order valence-corrected chi connectivity index (χ1v) is 11.4. The molecule has 0 spiro atoms. The van der Waals surface area contributed by atoms with Gasteiger partial charge in [0.05, 0.1) is 5.02 Å². The predicted molar refractivity (Wildman–Crippen MR) is 115 cm³/mol. The highest BCUT2D eigenvalue weighted by Crippen LogP contribution is 2.33. The van der Waals surface area contributed by atoms with Crippen LogP contribution in [0.15, 0.2) is 59.5 Å². The van der Waals surface area contributed by atoms with Crippen LogP contribution in [0.5, 0.6) is 0 Å². The number of benzene rings is 2. The number of halogens is 1. The summed E-state index contributed by atoms with van der Waals surface area (Å²) in [5.41, 5.74) is 7.12. The highest BCUT2D eigenvalue weighted by Gasteiger charge is 2.32. The number of sulfonamides is 1. The molecule has 2 aromatic carbocycles. The normalized spacial score (nSPS) is 15.9. The summed E-state index contributed by atoms with van der Waals surface area (Å²) >= 11 is 6.10. The molecule has 0 radical (unpaired) electrons. The number of carbonyl (C=O) groups is 1. The average molecular weight is 445 g/mol. The lowest BCUT2D eigenvalue weighted by atomic mass is 9.97. The maximum atomic E-state index is 12.9. The van der Waals surface area contributed by atoms with Gasteiger partial charge in [0.15, 0.2) is 0 Å². The molecule has 1 saturated heterocycles. The summed E-state index contributed by atoms with van der Waals surface area (Å²) in [7, 11) is -3.66. The molecule has 9 heteroatoms. The van der Waals surface area contributed by atoms with Gasteiger partial charge >= 0.3 is 0 Å². The second-order valence-electron chi connectivity index (χ2n) is 7.18. The minimum Gasteiger partial charge on any atom is -0.364 e. The number of primary amides is 1. The van der Waals surface area contributed by atoms with Crippen LogP contribution in [0.1, 0.15) is 35.1 Å². The number of hydrogen-bond donors (Lipinski definition) is 2. The molecule has 30 heavy (non-hydrogen) atoms. The molecular formula is C21H21ClN4O3S. The molecule has 4 rings (SSSR count). The molecule has 3 aromatic rings. The fraction of sp³-hybridized carbons (Fsp3) is 0.238. The van der Waals surface area contributed by atoms with E-state index in [2.05, 4.69) is 9.97 Å². The molecule has 156 valence electrons. The summed E-state index contributed by atoms with van der Waals surface area (Å²) in [6, 6.07) is 15.8. The second-order valence-corrected chi connectivity index (χ2v) is 9.50. The van der Waals surface area contributed by atoms with Crippen LogP contribution < -0.4 is 5.73 Å². The number of rotatable bonds is 5. The fourth-order valence-electron chi connectivity index (χ4n) is 3.73. The van der Waals surface area contributed by atoms with Gasteiger partial charge in [-0.1, -0.05) is 54.1 Å². The molecule has 0 unspecified atom stereocenters. The standard InChI is InChI=1S/C21H21ClN4O3S/c22-16-8-4-5-9-17(16)30(28,29)26-12-10-15(11-13-26)21-24-18(19(25-21)20(23)27)14-6-2-1-3-7-14/h1-9,15H,10-13H2,(H2,23,27)(H,24,25). The minimum atomic E-state index is -3.66. The molecular weight excluding hydrogens is 424 g/mol. The summed E-state index contributed by atoms with van der Waals surface area (Å²) in [5.74, 6) is 0.0713. The van der Waals surface area contributed by atoms with Crippen molar-refractivity contribution in [2.75, 3.05) is 13.1 Å². The van der Waals surface area contributed by atoms with Crippen molar-refractivity contribution in [3.05, 3.63) is 71.1 Å². The van der Waals surface area contributed by atoms with Crippen molar-refractivity contribution in [2.24, 2.45) is 5.73 Å². The third kappa shape index (κ3) is 3.86. The molecule has 0 saturated carbocycles. The number of nitrogens with two attached hydrogens (primary N) is 1. The number of aromatic amines is 1. The Morgan fingerprint density at radius 3 is 2.33 bits per heavy atom. The lowest BCUT2D eigenvalue weighted by molar-refractivity contribution is 0.0996. The van der Waals surface area contributed by atoms with Crippen LogP contribution in [-0.4, -0.2) is 41.7 Å².